The highest BCUT2D eigenvalue weighted by atomic mass is 32.2. The van der Waals surface area contributed by atoms with Crippen LogP contribution in [-0.2, 0) is 9.84 Å². The van der Waals surface area contributed by atoms with Gasteiger partial charge in [0.1, 0.15) is 17.9 Å². The van der Waals surface area contributed by atoms with E-state index in [4.69, 9.17) is 4.74 Å². The van der Waals surface area contributed by atoms with Crippen LogP contribution >= 0.6 is 0 Å². The number of fused-ring (bicyclic) bond motifs is 1. The number of hydrogen-bond acceptors (Lipinski definition) is 6. The summed E-state index contributed by atoms with van der Waals surface area (Å²) in [5.41, 5.74) is 3.73. The minimum Gasteiger partial charge on any atom is -0.494 e. The highest BCUT2D eigenvalue weighted by Gasteiger charge is 2.29. The molecular formula is C24H24N4O3S. The summed E-state index contributed by atoms with van der Waals surface area (Å²) in [4.78, 5) is 9.09. The molecule has 0 saturated carbocycles. The van der Waals surface area contributed by atoms with E-state index in [0.717, 1.165) is 33.6 Å². The van der Waals surface area contributed by atoms with Crippen LogP contribution in [-0.4, -0.2) is 47.1 Å². The van der Waals surface area contributed by atoms with Crippen LogP contribution in [0.1, 0.15) is 13.3 Å². The Kier molecular flexibility index (Phi) is 5.30. The van der Waals surface area contributed by atoms with Crippen LogP contribution in [0, 0.1) is 0 Å². The Morgan fingerprint density at radius 1 is 1.09 bits per heavy atom. The molecule has 1 N–H and O–H groups in total. The van der Waals surface area contributed by atoms with Crippen molar-refractivity contribution in [2.75, 3.05) is 23.4 Å². The molecule has 4 aromatic rings. The zero-order chi connectivity index (χ0) is 22.1. The van der Waals surface area contributed by atoms with E-state index in [2.05, 4.69) is 21.5 Å². The molecule has 1 atom stereocenters. The first-order chi connectivity index (χ1) is 15.5. The van der Waals surface area contributed by atoms with Crippen molar-refractivity contribution in [2.24, 2.45) is 0 Å². The van der Waals surface area contributed by atoms with Gasteiger partial charge in [-0.05, 0) is 43.2 Å². The number of ether oxygens (including phenoxy) is 1. The second kappa shape index (κ2) is 8.27. The molecule has 1 aliphatic heterocycles. The minimum absolute atomic E-state index is 0.124. The summed E-state index contributed by atoms with van der Waals surface area (Å²) >= 11 is 0. The Balaban J connectivity index is 1.64. The third kappa shape index (κ3) is 3.93. The Hall–Kier alpha value is -3.39. The van der Waals surface area contributed by atoms with Gasteiger partial charge in [0, 0.05) is 23.5 Å². The van der Waals surface area contributed by atoms with E-state index >= 15 is 0 Å². The molecule has 0 amide bonds. The van der Waals surface area contributed by atoms with Crippen LogP contribution in [0.5, 0.6) is 5.75 Å². The molecule has 32 heavy (non-hydrogen) atoms. The molecule has 2 aromatic carbocycles. The first kappa shape index (κ1) is 20.5. The molecule has 0 spiro atoms. The van der Waals surface area contributed by atoms with Gasteiger partial charge in [-0.2, -0.15) is 0 Å². The van der Waals surface area contributed by atoms with Gasteiger partial charge in [0.25, 0.3) is 0 Å². The van der Waals surface area contributed by atoms with Crippen molar-refractivity contribution >= 4 is 26.7 Å². The summed E-state index contributed by atoms with van der Waals surface area (Å²) in [7, 11) is -3.00. The third-order valence-corrected chi connectivity index (χ3v) is 7.43. The first-order valence-electron chi connectivity index (χ1n) is 10.7. The number of benzene rings is 2. The Morgan fingerprint density at radius 3 is 2.56 bits per heavy atom. The molecule has 0 bridgehead atoms. The highest BCUT2D eigenvalue weighted by molar-refractivity contribution is 7.91. The van der Waals surface area contributed by atoms with Crippen molar-refractivity contribution in [1.82, 2.24) is 14.5 Å². The molecule has 0 unspecified atom stereocenters. The molecule has 3 heterocycles. The molecule has 7 nitrogen and oxygen atoms in total. The summed E-state index contributed by atoms with van der Waals surface area (Å²) in [5, 5.41) is 4.25. The molecule has 1 fully saturated rings. The monoisotopic (exact) mass is 448 g/mol. The molecule has 8 heteroatoms. The number of sulfone groups is 1. The number of nitrogens with zero attached hydrogens (tertiary/aromatic N) is 3. The normalized spacial score (nSPS) is 17.5. The van der Waals surface area contributed by atoms with Crippen LogP contribution in [0.4, 0.5) is 5.82 Å². The van der Waals surface area contributed by atoms with E-state index < -0.39 is 9.84 Å². The lowest BCUT2D eigenvalue weighted by Gasteiger charge is -2.13. The van der Waals surface area contributed by atoms with E-state index in [9.17, 15) is 8.42 Å². The van der Waals surface area contributed by atoms with Crippen molar-refractivity contribution < 1.29 is 13.2 Å². The SMILES string of the molecule is CCOc1ccc(-n2cc(-c3ccccc3)c3c(N[C@H]4CCS(=O)(=O)C4)ncnc32)cc1. The van der Waals surface area contributed by atoms with Crippen molar-refractivity contribution in [2.45, 2.75) is 19.4 Å². The standard InChI is InChI=1S/C24H24N4O3S/c1-2-31-20-10-8-19(9-11-20)28-14-21(17-6-4-3-5-7-17)22-23(25-16-26-24(22)28)27-18-12-13-32(29,30)15-18/h3-11,14,16,18H,2,12-13,15H2,1H3,(H,25,26,27)/t18-/m0/s1. The lowest BCUT2D eigenvalue weighted by atomic mass is 10.1. The lowest BCUT2D eigenvalue weighted by Crippen LogP contribution is -2.21. The molecule has 1 aliphatic rings. The maximum Gasteiger partial charge on any atom is 0.152 e. The van der Waals surface area contributed by atoms with Crippen LogP contribution < -0.4 is 10.1 Å². The zero-order valence-electron chi connectivity index (χ0n) is 17.7. The zero-order valence-corrected chi connectivity index (χ0v) is 18.5. The lowest BCUT2D eigenvalue weighted by molar-refractivity contribution is 0.340. The minimum atomic E-state index is -3.00. The molecular weight excluding hydrogens is 424 g/mol. The second-order valence-corrected chi connectivity index (χ2v) is 10.1. The summed E-state index contributed by atoms with van der Waals surface area (Å²) in [6.07, 6.45) is 4.16. The van der Waals surface area contributed by atoms with Gasteiger partial charge in [-0.3, -0.25) is 0 Å². The van der Waals surface area contributed by atoms with E-state index in [0.29, 0.717) is 18.8 Å². The van der Waals surface area contributed by atoms with E-state index in [1.165, 1.54) is 6.33 Å². The van der Waals surface area contributed by atoms with Crippen molar-refractivity contribution in [3.8, 4) is 22.6 Å². The van der Waals surface area contributed by atoms with Gasteiger partial charge in [0.05, 0.1) is 23.5 Å². The average molecular weight is 449 g/mol. The number of hydrogen-bond donors (Lipinski definition) is 1. The van der Waals surface area contributed by atoms with Crippen LogP contribution in [0.15, 0.2) is 67.1 Å². The van der Waals surface area contributed by atoms with Crippen molar-refractivity contribution in [3.63, 3.8) is 0 Å². The van der Waals surface area contributed by atoms with Gasteiger partial charge in [-0.25, -0.2) is 18.4 Å². The summed E-state index contributed by atoms with van der Waals surface area (Å²) in [6.45, 7) is 2.57. The van der Waals surface area contributed by atoms with Gasteiger partial charge < -0.3 is 14.6 Å². The predicted molar refractivity (Wildman–Crippen MR) is 126 cm³/mol. The molecule has 0 aliphatic carbocycles. The van der Waals surface area contributed by atoms with E-state index in [-0.39, 0.29) is 17.5 Å². The maximum absolute atomic E-state index is 12.0. The Morgan fingerprint density at radius 2 is 1.88 bits per heavy atom. The van der Waals surface area contributed by atoms with Crippen molar-refractivity contribution in [1.29, 1.82) is 0 Å². The summed E-state index contributed by atoms with van der Waals surface area (Å²) < 4.78 is 31.5. The van der Waals surface area contributed by atoms with Gasteiger partial charge in [-0.15, -0.1) is 0 Å². The van der Waals surface area contributed by atoms with Crippen molar-refractivity contribution in [3.05, 3.63) is 67.1 Å². The third-order valence-electron chi connectivity index (χ3n) is 5.67. The number of anilines is 1. The van der Waals surface area contributed by atoms with Gasteiger partial charge in [0.15, 0.2) is 15.5 Å². The summed E-state index contributed by atoms with van der Waals surface area (Å²) in [5.74, 6) is 1.80. The number of aromatic nitrogens is 3. The number of rotatable bonds is 6. The quantitative estimate of drug-likeness (QED) is 0.478. The average Bonchev–Trinajstić information content (AvgIpc) is 3.36. The van der Waals surface area contributed by atoms with Crippen LogP contribution in [0.3, 0.4) is 0 Å². The largest absolute Gasteiger partial charge is 0.494 e. The van der Waals surface area contributed by atoms with E-state index in [1.54, 1.807) is 0 Å². The fraction of sp³-hybridized carbons (Fsp3) is 0.250. The molecule has 5 rings (SSSR count). The molecule has 0 radical (unpaired) electrons. The van der Waals surface area contributed by atoms with Gasteiger partial charge in [-0.1, -0.05) is 30.3 Å². The Bertz CT molecular complexity index is 1350. The molecule has 2 aromatic heterocycles. The topological polar surface area (TPSA) is 86.1 Å². The summed E-state index contributed by atoms with van der Waals surface area (Å²) in [6, 6.07) is 17.8. The molecule has 164 valence electrons. The maximum atomic E-state index is 12.0. The van der Waals surface area contributed by atoms with E-state index in [1.807, 2.05) is 66.1 Å². The smallest absolute Gasteiger partial charge is 0.152 e. The Labute approximate surface area is 187 Å². The van der Waals surface area contributed by atoms with Gasteiger partial charge >= 0.3 is 0 Å². The fourth-order valence-corrected chi connectivity index (χ4v) is 5.85. The van der Waals surface area contributed by atoms with Gasteiger partial charge in [0.2, 0.25) is 0 Å². The second-order valence-electron chi connectivity index (χ2n) is 7.87. The van der Waals surface area contributed by atoms with Crippen LogP contribution in [0.2, 0.25) is 0 Å². The first-order valence-corrected chi connectivity index (χ1v) is 12.5. The van der Waals surface area contributed by atoms with Crippen LogP contribution in [0.25, 0.3) is 27.8 Å². The molecule has 1 saturated heterocycles. The predicted octanol–water partition coefficient (Wildman–Crippen LogP) is 4.09. The fourth-order valence-electron chi connectivity index (χ4n) is 4.18. The highest BCUT2D eigenvalue weighted by Crippen LogP contribution is 2.36. The number of nitrogens with one attached hydrogen (secondary N) is 1.